The molecule has 0 N–H and O–H groups in total. The maximum atomic E-state index is 13.4. The first-order chi connectivity index (χ1) is 15.6. The summed E-state index contributed by atoms with van der Waals surface area (Å²) in [6, 6.07) is 8.83. The fourth-order valence-electron chi connectivity index (χ4n) is 7.98. The zero-order chi connectivity index (χ0) is 22.5. The molecule has 7 unspecified atom stereocenters. The van der Waals surface area contributed by atoms with Gasteiger partial charge in [-0.1, -0.05) is 58.3 Å². The van der Waals surface area contributed by atoms with Crippen molar-refractivity contribution < 1.29 is 25.2 Å². The summed E-state index contributed by atoms with van der Waals surface area (Å²) in [4.78, 5) is 2.76. The predicted molar refractivity (Wildman–Crippen MR) is 144 cm³/mol. The minimum absolute atomic E-state index is 0. The van der Waals surface area contributed by atoms with Crippen LogP contribution >= 0.6 is 17.0 Å². The standard InChI is InChI=1S/C22H30FN.C5H10.2CH3.2ClH.Zr/c1-14-6-11-20-19(12-14)22-18-5-3-2-4-15(18)13-21(22)24(20)17-9-7-16(23)8-10-17;1-2-4-5-3-1;;;;;/h7-10,14-15,18-22H,2-6,11-13H2,1H3;1-5H2;2*1H3;2*1H;/q;;2*-1;;;+4/p-2. The summed E-state index contributed by atoms with van der Waals surface area (Å²) >= 11 is -0.826. The number of anilines is 1. The first kappa shape index (κ1) is 30.6. The summed E-state index contributed by atoms with van der Waals surface area (Å²) in [5.41, 5.74) is 1.28. The van der Waals surface area contributed by atoms with Crippen LogP contribution in [0.3, 0.4) is 0 Å². The van der Waals surface area contributed by atoms with Gasteiger partial charge in [0.05, 0.1) is 0 Å². The molecular weight excluding hydrogens is 543 g/mol. The van der Waals surface area contributed by atoms with Crippen LogP contribution in [-0.4, -0.2) is 12.1 Å². The summed E-state index contributed by atoms with van der Waals surface area (Å²) in [6.07, 6.45) is 18.9. The van der Waals surface area contributed by atoms with Crippen LogP contribution in [0.4, 0.5) is 10.1 Å². The molecule has 4 aliphatic carbocycles. The summed E-state index contributed by atoms with van der Waals surface area (Å²) < 4.78 is 13.4. The van der Waals surface area contributed by atoms with Gasteiger partial charge in [-0.05, 0) is 86.0 Å². The van der Waals surface area contributed by atoms with E-state index in [2.05, 4.69) is 11.8 Å². The van der Waals surface area contributed by atoms with Crippen LogP contribution in [0, 0.1) is 50.3 Å². The monoisotopic (exact) mass is 587 g/mol. The molecule has 0 radical (unpaired) electrons. The Morgan fingerprint density at radius 1 is 0.765 bits per heavy atom. The summed E-state index contributed by atoms with van der Waals surface area (Å²) in [6.45, 7) is 2.46. The van der Waals surface area contributed by atoms with Crippen molar-refractivity contribution in [3.63, 3.8) is 0 Å². The molecule has 4 saturated carbocycles. The Morgan fingerprint density at radius 3 is 1.97 bits per heavy atom. The molecular formula is C29H46Cl2FNZr. The topological polar surface area (TPSA) is 3.24 Å². The molecule has 6 rings (SSSR count). The molecule has 1 heterocycles. The van der Waals surface area contributed by atoms with E-state index in [0.29, 0.717) is 6.04 Å². The van der Waals surface area contributed by atoms with Gasteiger partial charge in [0, 0.05) is 17.8 Å². The molecule has 192 valence electrons. The maximum absolute atomic E-state index is 13.4. The molecule has 5 fully saturated rings. The third-order valence-electron chi connectivity index (χ3n) is 9.16. The fourth-order valence-corrected chi connectivity index (χ4v) is 7.98. The second kappa shape index (κ2) is 15.0. The number of halogens is 3. The van der Waals surface area contributed by atoms with Crippen molar-refractivity contribution in [2.24, 2.45) is 29.6 Å². The Kier molecular flexibility index (Phi) is 13.5. The summed E-state index contributed by atoms with van der Waals surface area (Å²) in [5.74, 6) is 4.53. The number of hydrogen-bond acceptors (Lipinski definition) is 1. The molecule has 34 heavy (non-hydrogen) atoms. The van der Waals surface area contributed by atoms with Gasteiger partial charge in [-0.15, -0.1) is 0 Å². The molecule has 1 aromatic rings. The first-order valence-corrected chi connectivity index (χ1v) is 19.5. The van der Waals surface area contributed by atoms with Crippen molar-refractivity contribution in [3.05, 3.63) is 44.9 Å². The number of hydrogen-bond donors (Lipinski definition) is 0. The van der Waals surface area contributed by atoms with Crippen LogP contribution in [0.1, 0.15) is 90.4 Å². The van der Waals surface area contributed by atoms with Gasteiger partial charge in [-0.3, -0.25) is 0 Å². The molecule has 0 amide bonds. The van der Waals surface area contributed by atoms with E-state index in [-0.39, 0.29) is 20.7 Å². The fraction of sp³-hybridized carbons (Fsp3) is 0.724. The van der Waals surface area contributed by atoms with E-state index in [4.69, 9.17) is 17.0 Å². The van der Waals surface area contributed by atoms with E-state index in [1.54, 1.807) is 12.1 Å². The van der Waals surface area contributed by atoms with E-state index < -0.39 is 20.8 Å². The van der Waals surface area contributed by atoms with Crippen molar-refractivity contribution in [3.8, 4) is 0 Å². The van der Waals surface area contributed by atoms with Crippen molar-refractivity contribution in [1.29, 1.82) is 0 Å². The summed E-state index contributed by atoms with van der Waals surface area (Å²) in [5, 5.41) is 0. The number of benzene rings is 1. The Bertz CT molecular complexity index is 690. The Balaban J connectivity index is 0.000000354. The van der Waals surface area contributed by atoms with Crippen molar-refractivity contribution in [2.75, 3.05) is 4.90 Å². The van der Waals surface area contributed by atoms with Gasteiger partial charge in [-0.25, -0.2) is 4.39 Å². The van der Waals surface area contributed by atoms with Crippen molar-refractivity contribution in [1.82, 2.24) is 0 Å². The molecule has 1 saturated heterocycles. The zero-order valence-electron chi connectivity index (χ0n) is 21.6. The summed E-state index contributed by atoms with van der Waals surface area (Å²) in [7, 11) is 9.87. The number of fused-ring (bicyclic) bond motifs is 5. The molecule has 5 aliphatic rings. The number of nitrogens with zero attached hydrogens (tertiary/aromatic N) is 1. The number of rotatable bonds is 1. The van der Waals surface area contributed by atoms with Gasteiger partial charge in [-0.2, -0.15) is 0 Å². The Labute approximate surface area is 228 Å². The van der Waals surface area contributed by atoms with Crippen LogP contribution in [0.2, 0.25) is 0 Å². The van der Waals surface area contributed by atoms with E-state index in [0.717, 1.165) is 35.6 Å². The average molecular weight is 590 g/mol. The average Bonchev–Trinajstić information content (AvgIpc) is 3.53. The van der Waals surface area contributed by atoms with Crippen LogP contribution in [0.15, 0.2) is 24.3 Å². The molecule has 0 bridgehead atoms. The first-order valence-electron chi connectivity index (χ1n) is 13.1. The second-order valence-corrected chi connectivity index (χ2v) is 14.7. The molecule has 0 spiro atoms. The van der Waals surface area contributed by atoms with Crippen LogP contribution in [-0.2, 0) is 20.8 Å². The molecule has 5 heteroatoms. The van der Waals surface area contributed by atoms with Gasteiger partial charge in [0.1, 0.15) is 5.82 Å². The second-order valence-electron chi connectivity index (χ2n) is 11.0. The van der Waals surface area contributed by atoms with Gasteiger partial charge in [0.25, 0.3) is 0 Å². The quantitative estimate of drug-likeness (QED) is 0.295. The third kappa shape index (κ3) is 7.04. The SMILES string of the molecule is C1CCCC1.CC1CCC2C(C1)C1C3CCCCC3CC1N2c1ccc(F)cc1.[CH3-].[CH3-].[Cl][Zr+2][Cl]. The van der Waals surface area contributed by atoms with E-state index >= 15 is 0 Å². The minimum atomic E-state index is -0.826. The predicted octanol–water partition coefficient (Wildman–Crippen LogP) is 9.87. The van der Waals surface area contributed by atoms with Crippen LogP contribution in [0.5, 0.6) is 0 Å². The van der Waals surface area contributed by atoms with E-state index in [1.165, 1.54) is 89.2 Å². The normalized spacial score (nSPS) is 34.9. The zero-order valence-corrected chi connectivity index (χ0v) is 25.6. The van der Waals surface area contributed by atoms with E-state index in [1.807, 2.05) is 12.1 Å². The van der Waals surface area contributed by atoms with Crippen LogP contribution < -0.4 is 4.90 Å². The Morgan fingerprint density at radius 2 is 1.35 bits per heavy atom. The molecule has 0 aromatic heterocycles. The Hall–Kier alpha value is 0.413. The van der Waals surface area contributed by atoms with Gasteiger partial charge in [0.15, 0.2) is 0 Å². The van der Waals surface area contributed by atoms with Crippen molar-refractivity contribution >= 4 is 22.7 Å². The van der Waals surface area contributed by atoms with Gasteiger partial charge in [0.2, 0.25) is 0 Å². The van der Waals surface area contributed by atoms with Gasteiger partial charge >= 0.3 is 37.9 Å². The molecule has 1 aliphatic heterocycles. The van der Waals surface area contributed by atoms with Crippen molar-refractivity contribution in [2.45, 2.75) is 102 Å². The van der Waals surface area contributed by atoms with Gasteiger partial charge < -0.3 is 19.8 Å². The molecule has 7 atom stereocenters. The third-order valence-corrected chi connectivity index (χ3v) is 9.16. The molecule has 1 nitrogen and oxygen atoms in total. The molecule has 1 aromatic carbocycles. The van der Waals surface area contributed by atoms with Crippen LogP contribution in [0.25, 0.3) is 0 Å². The van der Waals surface area contributed by atoms with E-state index in [9.17, 15) is 4.39 Å².